The molecule has 0 spiro atoms. The number of esters is 2. The van der Waals surface area contributed by atoms with E-state index < -0.39 is 83.7 Å². The highest BCUT2D eigenvalue weighted by atomic mass is 31.3. The van der Waals surface area contributed by atoms with Gasteiger partial charge >= 0.3 is 33.3 Å². The molecule has 66 heavy (non-hydrogen) atoms. The Hall–Kier alpha value is -2.76. The Morgan fingerprint density at radius 2 is 1.23 bits per heavy atom. The Morgan fingerprint density at radius 3 is 1.80 bits per heavy atom. The number of aromatic nitrogens is 2. The number of aliphatic hydroxyl groups excluding tert-OH is 2. The minimum atomic E-state index is -5.42. The second-order valence-electron chi connectivity index (χ2n) is 17.0. The van der Waals surface area contributed by atoms with Gasteiger partial charge in [-0.2, -0.15) is 9.29 Å². The van der Waals surface area contributed by atoms with Crippen LogP contribution in [-0.2, 0) is 46.3 Å². The molecule has 7 unspecified atom stereocenters. The van der Waals surface area contributed by atoms with Crippen LogP contribution in [0.1, 0.15) is 187 Å². The number of phosphoric ester groups is 2. The van der Waals surface area contributed by atoms with Crippen LogP contribution >= 0.6 is 15.6 Å². The fraction of sp³-hybridized carbons (Fsp3) is 0.783. The number of hydrogen-bond donors (Lipinski definition) is 5. The number of aliphatic hydroxyl groups is 2. The van der Waals surface area contributed by atoms with Crippen LogP contribution in [0.2, 0.25) is 0 Å². The zero-order valence-electron chi connectivity index (χ0n) is 39.5. The Labute approximate surface area is 392 Å². The largest absolute Gasteiger partial charge is 0.481 e. The van der Waals surface area contributed by atoms with Gasteiger partial charge in [0.2, 0.25) is 0 Å². The Balaban J connectivity index is 1.82. The van der Waals surface area contributed by atoms with Crippen LogP contribution in [0.5, 0.6) is 0 Å². The number of carbonyl (C=O) groups is 2. The van der Waals surface area contributed by atoms with Gasteiger partial charge in [0.1, 0.15) is 30.7 Å². The monoisotopic (exact) mass is 978 g/mol. The van der Waals surface area contributed by atoms with Crippen molar-refractivity contribution in [2.75, 3.05) is 25.6 Å². The molecule has 2 heterocycles. The SMILES string of the molecule is CCCCCC=CCC=CCCCCCCCC(=O)OC(COC(=O)CCCCCCCCCCCCCCC)COP(=O)(O)OP(=O)(O)OCC1OC(n2ccc(N)nc2=O)C(O)C1O. The predicted molar refractivity (Wildman–Crippen MR) is 252 cm³/mol. The third kappa shape index (κ3) is 27.9. The summed E-state index contributed by atoms with van der Waals surface area (Å²) in [4.78, 5) is 61.8. The molecule has 6 N–H and O–H groups in total. The number of nitrogen functional groups attached to an aromatic ring is 1. The van der Waals surface area contributed by atoms with E-state index in [0.717, 1.165) is 81.4 Å². The van der Waals surface area contributed by atoms with Crippen molar-refractivity contribution in [1.29, 1.82) is 0 Å². The van der Waals surface area contributed by atoms with E-state index in [1.165, 1.54) is 76.7 Å². The van der Waals surface area contributed by atoms with Crippen molar-refractivity contribution in [2.24, 2.45) is 0 Å². The van der Waals surface area contributed by atoms with E-state index in [9.17, 15) is 43.5 Å². The summed E-state index contributed by atoms with van der Waals surface area (Å²) >= 11 is 0. The van der Waals surface area contributed by atoms with Gasteiger partial charge in [-0.1, -0.05) is 147 Å². The minimum Gasteiger partial charge on any atom is -0.462 e. The van der Waals surface area contributed by atoms with Crippen molar-refractivity contribution in [1.82, 2.24) is 9.55 Å². The summed E-state index contributed by atoms with van der Waals surface area (Å²) in [7, 11) is -10.8. The van der Waals surface area contributed by atoms with Crippen molar-refractivity contribution in [3.8, 4) is 0 Å². The topological polar surface area (TPSA) is 265 Å². The molecule has 7 atom stereocenters. The molecular weight excluding hydrogens is 896 g/mol. The van der Waals surface area contributed by atoms with Gasteiger partial charge in [0, 0.05) is 19.0 Å². The van der Waals surface area contributed by atoms with Crippen LogP contribution in [0, 0.1) is 0 Å². The number of anilines is 1. The molecule has 20 heteroatoms. The Bertz CT molecular complexity index is 1700. The number of ether oxygens (including phenoxy) is 3. The van der Waals surface area contributed by atoms with Crippen LogP contribution in [0.15, 0.2) is 41.4 Å². The number of nitrogens with two attached hydrogens (primary N) is 1. The van der Waals surface area contributed by atoms with E-state index in [2.05, 4.69) is 47.4 Å². The Morgan fingerprint density at radius 1 is 0.727 bits per heavy atom. The minimum absolute atomic E-state index is 0.0367. The zero-order chi connectivity index (χ0) is 48.5. The van der Waals surface area contributed by atoms with Crippen molar-refractivity contribution >= 4 is 33.4 Å². The van der Waals surface area contributed by atoms with E-state index in [1.54, 1.807) is 0 Å². The quantitative estimate of drug-likeness (QED) is 0.0177. The molecule has 0 radical (unpaired) electrons. The number of hydrogen-bond acceptors (Lipinski definition) is 15. The molecule has 18 nitrogen and oxygen atoms in total. The summed E-state index contributed by atoms with van der Waals surface area (Å²) < 4.78 is 56.7. The van der Waals surface area contributed by atoms with E-state index in [0.29, 0.717) is 12.8 Å². The fourth-order valence-corrected chi connectivity index (χ4v) is 9.34. The van der Waals surface area contributed by atoms with E-state index in [-0.39, 0.29) is 18.7 Å². The summed E-state index contributed by atoms with van der Waals surface area (Å²) in [6, 6.07) is 1.25. The van der Waals surface area contributed by atoms with Crippen molar-refractivity contribution < 1.29 is 66.3 Å². The van der Waals surface area contributed by atoms with Crippen molar-refractivity contribution in [3.63, 3.8) is 0 Å². The molecule has 0 bridgehead atoms. The second-order valence-corrected chi connectivity index (χ2v) is 20.0. The average Bonchev–Trinajstić information content (AvgIpc) is 3.55. The fourth-order valence-electron chi connectivity index (χ4n) is 7.23. The lowest BCUT2D eigenvalue weighted by atomic mass is 10.0. The van der Waals surface area contributed by atoms with E-state index in [4.69, 9.17) is 29.0 Å². The smallest absolute Gasteiger partial charge is 0.462 e. The first-order chi connectivity index (χ1) is 31.7. The third-order valence-corrected chi connectivity index (χ3v) is 13.6. The van der Waals surface area contributed by atoms with Crippen LogP contribution in [0.3, 0.4) is 0 Å². The highest BCUT2D eigenvalue weighted by Crippen LogP contribution is 2.60. The van der Waals surface area contributed by atoms with Gasteiger partial charge in [-0.3, -0.25) is 23.2 Å². The van der Waals surface area contributed by atoms with Crippen LogP contribution in [0.4, 0.5) is 5.82 Å². The maximum Gasteiger partial charge on any atom is 0.481 e. The number of carbonyl (C=O) groups excluding carboxylic acids is 2. The third-order valence-electron chi connectivity index (χ3n) is 11.0. The molecule has 1 aliphatic rings. The normalized spacial score (nSPS) is 19.8. The molecule has 1 fully saturated rings. The standard InChI is InChI=1S/C46H81N3O15P2/c1-3-5-7-9-11-13-15-17-18-20-22-24-26-28-30-32-42(51)62-38(35-59-41(50)31-29-27-25-23-21-19-16-14-12-10-8-6-4-2)36-60-65(55,56)64-66(57,58)61-37-39-43(52)44(53)45(63-39)49-34-33-40(47)48-46(49)54/h11,13,17-18,33-34,38-39,43-45,52-53H,3-10,12,14-16,19-32,35-37H2,1-2H3,(H,55,56)(H,57,58)(H2,47,48,54). The molecular formula is C46H81N3O15P2. The van der Waals surface area contributed by atoms with Gasteiger partial charge in [0.25, 0.3) is 0 Å². The molecule has 1 aromatic heterocycles. The number of rotatable bonds is 40. The van der Waals surface area contributed by atoms with E-state index in [1.807, 2.05) is 0 Å². The molecule has 1 aromatic rings. The molecule has 0 saturated carbocycles. The lowest BCUT2D eigenvalue weighted by Gasteiger charge is -2.21. The van der Waals surface area contributed by atoms with Gasteiger partial charge in [-0.25, -0.2) is 13.9 Å². The van der Waals surface area contributed by atoms with Gasteiger partial charge in [0.05, 0.1) is 13.2 Å². The second kappa shape index (κ2) is 35.4. The van der Waals surface area contributed by atoms with Crippen LogP contribution in [-0.4, -0.2) is 85.7 Å². The lowest BCUT2D eigenvalue weighted by Crippen LogP contribution is -2.36. The number of nitrogens with zero attached hydrogens (tertiary/aromatic N) is 2. The van der Waals surface area contributed by atoms with Gasteiger partial charge in [-0.15, -0.1) is 0 Å². The highest BCUT2D eigenvalue weighted by molar-refractivity contribution is 7.61. The summed E-state index contributed by atoms with van der Waals surface area (Å²) in [6.07, 6.45) is 28.3. The van der Waals surface area contributed by atoms with Crippen molar-refractivity contribution in [2.45, 2.75) is 211 Å². The summed E-state index contributed by atoms with van der Waals surface area (Å²) in [5.41, 5.74) is 4.58. The molecule has 380 valence electrons. The van der Waals surface area contributed by atoms with Crippen LogP contribution < -0.4 is 11.4 Å². The molecule has 0 aliphatic carbocycles. The van der Waals surface area contributed by atoms with Crippen molar-refractivity contribution in [3.05, 3.63) is 47.1 Å². The van der Waals surface area contributed by atoms with Gasteiger partial charge < -0.3 is 39.9 Å². The maximum atomic E-state index is 12.8. The first kappa shape index (κ1) is 59.4. The average molecular weight is 978 g/mol. The van der Waals surface area contributed by atoms with E-state index >= 15 is 0 Å². The summed E-state index contributed by atoms with van der Waals surface area (Å²) in [5.74, 6) is -1.30. The summed E-state index contributed by atoms with van der Waals surface area (Å²) in [6.45, 7) is 2.11. The number of phosphoric acid groups is 2. The first-order valence-corrected chi connectivity index (χ1v) is 27.3. The molecule has 0 aromatic carbocycles. The lowest BCUT2D eigenvalue weighted by molar-refractivity contribution is -0.161. The van der Waals surface area contributed by atoms with Crippen LogP contribution in [0.25, 0.3) is 0 Å². The Kier molecular flexibility index (Phi) is 31.8. The molecule has 1 saturated heterocycles. The number of unbranched alkanes of at least 4 members (excludes halogenated alkanes) is 20. The van der Waals surface area contributed by atoms with Gasteiger partial charge in [-0.05, 0) is 51.0 Å². The maximum absolute atomic E-state index is 12.8. The predicted octanol–water partition coefficient (Wildman–Crippen LogP) is 9.45. The first-order valence-electron chi connectivity index (χ1n) is 24.3. The number of allylic oxidation sites excluding steroid dienone is 4. The highest BCUT2D eigenvalue weighted by Gasteiger charge is 2.46. The molecule has 0 amide bonds. The summed E-state index contributed by atoms with van der Waals surface area (Å²) in [5, 5.41) is 20.9. The zero-order valence-corrected chi connectivity index (χ0v) is 41.3. The van der Waals surface area contributed by atoms with Gasteiger partial charge in [0.15, 0.2) is 12.3 Å². The molecule has 2 rings (SSSR count). The molecule has 1 aliphatic heterocycles.